The fraction of sp³-hybridized carbons (Fsp3) is 0.308. The van der Waals surface area contributed by atoms with Crippen molar-refractivity contribution in [1.29, 1.82) is 0 Å². The van der Waals surface area contributed by atoms with E-state index in [4.69, 9.17) is 0 Å². The van der Waals surface area contributed by atoms with Gasteiger partial charge in [0.2, 0.25) is 0 Å². The van der Waals surface area contributed by atoms with Crippen LogP contribution in [-0.2, 0) is 10.0 Å². The van der Waals surface area contributed by atoms with E-state index < -0.39 is 10.0 Å². The second-order valence-corrected chi connectivity index (χ2v) is 6.28. The Bertz CT molecular complexity index is 678. The highest BCUT2D eigenvalue weighted by Gasteiger charge is 2.22. The van der Waals surface area contributed by atoms with E-state index in [1.165, 1.54) is 6.20 Å². The number of nitrogens with zero attached hydrogens (tertiary/aromatic N) is 1. The summed E-state index contributed by atoms with van der Waals surface area (Å²) in [7, 11) is -3.61. The normalized spacial score (nSPS) is 11.6. The van der Waals surface area contributed by atoms with Crippen LogP contribution in [0.3, 0.4) is 0 Å². The van der Waals surface area contributed by atoms with Gasteiger partial charge in [0.15, 0.2) is 0 Å². The van der Waals surface area contributed by atoms with Crippen LogP contribution in [0.1, 0.15) is 22.3 Å². The fourth-order valence-electron chi connectivity index (χ4n) is 2.09. The summed E-state index contributed by atoms with van der Waals surface area (Å²) in [6, 6.07) is 3.57. The lowest BCUT2D eigenvalue weighted by molar-refractivity contribution is 0.599. The molecule has 0 saturated heterocycles. The number of benzene rings is 1. The average Bonchev–Trinajstić information content (AvgIpc) is 2.78. The van der Waals surface area contributed by atoms with Crippen LogP contribution in [0.25, 0.3) is 0 Å². The Balaban J connectivity index is 2.58. The van der Waals surface area contributed by atoms with E-state index >= 15 is 0 Å². The molecular formula is C13H17N3O2S. The van der Waals surface area contributed by atoms with Crippen LogP contribution in [0.15, 0.2) is 23.2 Å². The van der Waals surface area contributed by atoms with Crippen molar-refractivity contribution in [3.8, 4) is 0 Å². The molecule has 5 nitrogen and oxygen atoms in total. The summed E-state index contributed by atoms with van der Waals surface area (Å²) in [4.78, 5) is 0.347. The third kappa shape index (κ3) is 2.49. The zero-order valence-corrected chi connectivity index (χ0v) is 12.2. The van der Waals surface area contributed by atoms with Gasteiger partial charge in [0.25, 0.3) is 10.0 Å². The summed E-state index contributed by atoms with van der Waals surface area (Å²) in [5.41, 5.74) is 3.48. The third-order valence-electron chi connectivity index (χ3n) is 3.31. The maximum Gasteiger partial charge on any atom is 0.263 e. The monoisotopic (exact) mass is 279 g/mol. The predicted molar refractivity (Wildman–Crippen MR) is 74.8 cm³/mol. The summed E-state index contributed by atoms with van der Waals surface area (Å²) >= 11 is 0. The van der Waals surface area contributed by atoms with Gasteiger partial charge >= 0.3 is 0 Å². The maximum absolute atomic E-state index is 12.5. The van der Waals surface area contributed by atoms with Crippen molar-refractivity contribution in [2.24, 2.45) is 0 Å². The summed E-state index contributed by atoms with van der Waals surface area (Å²) in [6.45, 7) is 7.47. The van der Waals surface area contributed by atoms with Crippen LogP contribution in [0.4, 0.5) is 5.82 Å². The van der Waals surface area contributed by atoms with Gasteiger partial charge in [-0.05, 0) is 49.9 Å². The highest BCUT2D eigenvalue weighted by atomic mass is 32.2. The molecule has 0 spiro atoms. The molecule has 0 aliphatic rings. The lowest BCUT2D eigenvalue weighted by atomic mass is 10.0. The van der Waals surface area contributed by atoms with Gasteiger partial charge in [0.1, 0.15) is 5.82 Å². The van der Waals surface area contributed by atoms with Crippen molar-refractivity contribution in [1.82, 2.24) is 10.2 Å². The SMILES string of the molecule is Cc1cc(C)c(C)c(S(=O)(=O)Nc2ccn[nH]2)c1C. The van der Waals surface area contributed by atoms with Crippen LogP contribution in [-0.4, -0.2) is 18.6 Å². The molecule has 0 amide bonds. The third-order valence-corrected chi connectivity index (χ3v) is 4.95. The van der Waals surface area contributed by atoms with Gasteiger partial charge in [-0.25, -0.2) is 8.42 Å². The minimum atomic E-state index is -3.61. The molecule has 1 heterocycles. The first kappa shape index (κ1) is 13.6. The summed E-state index contributed by atoms with van der Waals surface area (Å²) in [6.07, 6.45) is 1.50. The molecule has 6 heteroatoms. The lowest BCUT2D eigenvalue weighted by Crippen LogP contribution is -2.17. The smallest absolute Gasteiger partial charge is 0.263 e. The van der Waals surface area contributed by atoms with E-state index in [0.717, 1.165) is 22.3 Å². The lowest BCUT2D eigenvalue weighted by Gasteiger charge is -2.15. The van der Waals surface area contributed by atoms with Gasteiger partial charge in [-0.1, -0.05) is 6.07 Å². The Hall–Kier alpha value is -1.82. The van der Waals surface area contributed by atoms with Crippen LogP contribution in [0, 0.1) is 27.7 Å². The molecule has 2 N–H and O–H groups in total. The number of aromatic nitrogens is 2. The Morgan fingerprint density at radius 3 is 2.16 bits per heavy atom. The van der Waals surface area contributed by atoms with Gasteiger partial charge in [-0.2, -0.15) is 5.10 Å². The van der Waals surface area contributed by atoms with Gasteiger partial charge < -0.3 is 0 Å². The van der Waals surface area contributed by atoms with Gasteiger partial charge in [0, 0.05) is 6.07 Å². The van der Waals surface area contributed by atoms with Crippen molar-refractivity contribution in [3.63, 3.8) is 0 Å². The summed E-state index contributed by atoms with van der Waals surface area (Å²) in [5, 5.41) is 6.32. The quantitative estimate of drug-likeness (QED) is 0.906. The molecule has 0 aliphatic carbocycles. The molecule has 0 radical (unpaired) electrons. The molecule has 0 atom stereocenters. The number of nitrogens with one attached hydrogen (secondary N) is 2. The van der Waals surface area contributed by atoms with Crippen molar-refractivity contribution >= 4 is 15.8 Å². The Morgan fingerprint density at radius 2 is 1.68 bits per heavy atom. The molecule has 0 aliphatic heterocycles. The average molecular weight is 279 g/mol. The first-order chi connectivity index (χ1) is 8.83. The number of aryl methyl sites for hydroxylation is 2. The first-order valence-corrected chi connectivity index (χ1v) is 7.41. The standard InChI is InChI=1S/C13H17N3O2S/c1-8-7-9(2)11(4)13(10(8)3)19(17,18)16-12-5-6-14-15-12/h5-7H,1-4H3,(H2,14,15,16). The Morgan fingerprint density at radius 1 is 1.11 bits per heavy atom. The zero-order chi connectivity index (χ0) is 14.2. The van der Waals surface area contributed by atoms with Crippen LogP contribution in [0.5, 0.6) is 0 Å². The van der Waals surface area contributed by atoms with Gasteiger partial charge in [0.05, 0.1) is 11.1 Å². The van der Waals surface area contributed by atoms with Crippen LogP contribution in [0.2, 0.25) is 0 Å². The van der Waals surface area contributed by atoms with Crippen molar-refractivity contribution in [2.75, 3.05) is 4.72 Å². The maximum atomic E-state index is 12.5. The molecule has 102 valence electrons. The van der Waals surface area contributed by atoms with Gasteiger partial charge in [-0.3, -0.25) is 9.82 Å². The minimum absolute atomic E-state index is 0.347. The van der Waals surface area contributed by atoms with Crippen LogP contribution >= 0.6 is 0 Å². The fourth-order valence-corrected chi connectivity index (χ4v) is 3.73. The molecule has 1 aromatic carbocycles. The zero-order valence-electron chi connectivity index (χ0n) is 11.4. The summed E-state index contributed by atoms with van der Waals surface area (Å²) < 4.78 is 27.5. The second-order valence-electron chi connectivity index (χ2n) is 4.67. The topological polar surface area (TPSA) is 74.8 Å². The molecule has 0 saturated carbocycles. The van der Waals surface area contributed by atoms with Crippen LogP contribution < -0.4 is 4.72 Å². The van der Waals surface area contributed by atoms with E-state index in [0.29, 0.717) is 10.7 Å². The van der Waals surface area contributed by atoms with E-state index in [9.17, 15) is 8.42 Å². The number of hydrogen-bond acceptors (Lipinski definition) is 3. The summed E-state index contributed by atoms with van der Waals surface area (Å²) in [5.74, 6) is 0.359. The first-order valence-electron chi connectivity index (χ1n) is 5.92. The minimum Gasteiger partial charge on any atom is -0.264 e. The van der Waals surface area contributed by atoms with Crippen molar-refractivity contribution in [3.05, 3.63) is 40.6 Å². The van der Waals surface area contributed by atoms with Gasteiger partial charge in [-0.15, -0.1) is 0 Å². The van der Waals surface area contributed by atoms with E-state index in [1.54, 1.807) is 6.07 Å². The Labute approximate surface area is 113 Å². The molecule has 1 aromatic heterocycles. The molecular weight excluding hydrogens is 262 g/mol. The molecule has 2 rings (SSSR count). The molecule has 0 unspecified atom stereocenters. The molecule has 2 aromatic rings. The van der Waals surface area contributed by atoms with Crippen molar-refractivity contribution < 1.29 is 8.42 Å². The number of anilines is 1. The molecule has 0 fully saturated rings. The second kappa shape index (κ2) is 4.70. The van der Waals surface area contributed by atoms with E-state index in [-0.39, 0.29) is 0 Å². The van der Waals surface area contributed by atoms with E-state index in [2.05, 4.69) is 14.9 Å². The number of hydrogen-bond donors (Lipinski definition) is 2. The van der Waals surface area contributed by atoms with Crippen molar-refractivity contribution in [2.45, 2.75) is 32.6 Å². The largest absolute Gasteiger partial charge is 0.264 e. The number of aromatic amines is 1. The molecule has 0 bridgehead atoms. The Kier molecular flexibility index (Phi) is 3.36. The number of sulfonamides is 1. The molecule has 19 heavy (non-hydrogen) atoms. The predicted octanol–water partition coefficient (Wildman–Crippen LogP) is 2.44. The highest BCUT2D eigenvalue weighted by molar-refractivity contribution is 7.92. The highest BCUT2D eigenvalue weighted by Crippen LogP contribution is 2.27. The number of rotatable bonds is 3. The number of H-pyrrole nitrogens is 1. The van der Waals surface area contributed by atoms with E-state index in [1.807, 2.05) is 33.8 Å².